The van der Waals surface area contributed by atoms with Crippen LogP contribution in [0.1, 0.15) is 48.1 Å². The summed E-state index contributed by atoms with van der Waals surface area (Å²) in [7, 11) is 0. The zero-order chi connectivity index (χ0) is 16.8. The summed E-state index contributed by atoms with van der Waals surface area (Å²) < 4.78 is 10.7. The van der Waals surface area contributed by atoms with E-state index in [1.807, 2.05) is 26.8 Å². The van der Waals surface area contributed by atoms with Crippen molar-refractivity contribution in [3.05, 3.63) is 53.5 Å². The van der Waals surface area contributed by atoms with Gasteiger partial charge < -0.3 is 19.6 Å². The molecule has 2 N–H and O–H groups in total. The minimum atomic E-state index is -0.739. The molecule has 2 rings (SSSR count). The van der Waals surface area contributed by atoms with Gasteiger partial charge in [-0.2, -0.15) is 0 Å². The number of hydrogen-bond donors (Lipinski definition) is 2. The molecule has 5 heteroatoms. The van der Waals surface area contributed by atoms with E-state index in [9.17, 15) is 9.90 Å². The van der Waals surface area contributed by atoms with Gasteiger partial charge in [0, 0.05) is 18.0 Å². The number of furan rings is 1. The summed E-state index contributed by atoms with van der Waals surface area (Å²) in [6, 6.07) is 8.62. The van der Waals surface area contributed by atoms with Gasteiger partial charge in [-0.25, -0.2) is 0 Å². The summed E-state index contributed by atoms with van der Waals surface area (Å²) in [5.74, 6) is 1.02. The van der Waals surface area contributed by atoms with E-state index in [4.69, 9.17) is 9.15 Å². The summed E-state index contributed by atoms with van der Waals surface area (Å²) in [5.41, 5.74) is 1.53. The minimum absolute atomic E-state index is 0.190. The molecule has 2 unspecified atom stereocenters. The van der Waals surface area contributed by atoms with Crippen molar-refractivity contribution < 1.29 is 19.1 Å². The van der Waals surface area contributed by atoms with Gasteiger partial charge in [-0.3, -0.25) is 4.79 Å². The van der Waals surface area contributed by atoms with Crippen molar-refractivity contribution in [1.29, 1.82) is 0 Å². The zero-order valence-corrected chi connectivity index (χ0v) is 13.7. The average molecular weight is 317 g/mol. The van der Waals surface area contributed by atoms with E-state index in [-0.39, 0.29) is 11.9 Å². The summed E-state index contributed by atoms with van der Waals surface area (Å²) in [4.78, 5) is 12.3. The lowest BCUT2D eigenvalue weighted by molar-refractivity contribution is 0.0902. The number of amides is 1. The molecule has 0 fully saturated rings. The summed E-state index contributed by atoms with van der Waals surface area (Å²) >= 11 is 0. The maximum Gasteiger partial charge on any atom is 0.251 e. The SMILES string of the molecule is CCOc1cc(C(=O)NC(C)CC(O)c2ccco2)ccc1C. The van der Waals surface area contributed by atoms with Crippen LogP contribution in [-0.2, 0) is 0 Å². The van der Waals surface area contributed by atoms with Crippen molar-refractivity contribution in [1.82, 2.24) is 5.32 Å². The van der Waals surface area contributed by atoms with Crippen molar-refractivity contribution in [3.8, 4) is 5.75 Å². The first-order valence-electron chi connectivity index (χ1n) is 7.77. The lowest BCUT2D eigenvalue weighted by Crippen LogP contribution is -2.33. The predicted octanol–water partition coefficient (Wildman–Crippen LogP) is 3.23. The van der Waals surface area contributed by atoms with Crippen LogP contribution in [0.25, 0.3) is 0 Å². The number of rotatable bonds is 7. The monoisotopic (exact) mass is 317 g/mol. The highest BCUT2D eigenvalue weighted by Gasteiger charge is 2.17. The molecule has 0 bridgehead atoms. The Kier molecular flexibility index (Phi) is 5.82. The van der Waals surface area contributed by atoms with Crippen LogP contribution in [0.3, 0.4) is 0 Å². The fourth-order valence-corrected chi connectivity index (χ4v) is 2.35. The van der Waals surface area contributed by atoms with Crippen LogP contribution in [-0.4, -0.2) is 23.7 Å². The van der Waals surface area contributed by atoms with Gasteiger partial charge in [-0.05, 0) is 50.6 Å². The molecule has 1 heterocycles. The summed E-state index contributed by atoms with van der Waals surface area (Å²) in [6.07, 6.45) is 1.16. The number of carbonyl (C=O) groups is 1. The number of aliphatic hydroxyl groups is 1. The van der Waals surface area contributed by atoms with E-state index in [0.29, 0.717) is 30.1 Å². The van der Waals surface area contributed by atoms with Crippen LogP contribution in [0, 0.1) is 6.92 Å². The standard InChI is InChI=1S/C18H23NO4/c1-4-22-17-11-14(8-7-12(17)2)18(21)19-13(3)10-15(20)16-6-5-9-23-16/h5-9,11,13,15,20H,4,10H2,1-3H3,(H,19,21). The van der Waals surface area contributed by atoms with E-state index in [1.54, 1.807) is 24.3 Å². The molecule has 0 aliphatic carbocycles. The van der Waals surface area contributed by atoms with Gasteiger partial charge in [0.25, 0.3) is 5.91 Å². The molecule has 23 heavy (non-hydrogen) atoms. The fourth-order valence-electron chi connectivity index (χ4n) is 2.35. The Labute approximate surface area is 136 Å². The van der Waals surface area contributed by atoms with Gasteiger partial charge in [0.2, 0.25) is 0 Å². The van der Waals surface area contributed by atoms with Crippen molar-refractivity contribution in [2.45, 2.75) is 39.3 Å². The fraction of sp³-hybridized carbons (Fsp3) is 0.389. The number of nitrogens with one attached hydrogen (secondary N) is 1. The molecule has 0 aliphatic rings. The first-order valence-corrected chi connectivity index (χ1v) is 7.77. The molecule has 0 spiro atoms. The molecule has 0 saturated carbocycles. The van der Waals surface area contributed by atoms with Gasteiger partial charge in [-0.15, -0.1) is 0 Å². The molecular weight excluding hydrogens is 294 g/mol. The van der Waals surface area contributed by atoms with Gasteiger partial charge in [0.1, 0.15) is 17.6 Å². The quantitative estimate of drug-likeness (QED) is 0.822. The van der Waals surface area contributed by atoms with Crippen molar-refractivity contribution in [3.63, 3.8) is 0 Å². The highest BCUT2D eigenvalue weighted by molar-refractivity contribution is 5.94. The first-order chi connectivity index (χ1) is 11.0. The molecule has 5 nitrogen and oxygen atoms in total. The largest absolute Gasteiger partial charge is 0.494 e. The maximum atomic E-state index is 12.3. The normalized spacial score (nSPS) is 13.4. The second kappa shape index (κ2) is 7.83. The topological polar surface area (TPSA) is 71.7 Å². The number of ether oxygens (including phenoxy) is 1. The lowest BCUT2D eigenvalue weighted by Gasteiger charge is -2.17. The van der Waals surface area contributed by atoms with Gasteiger partial charge >= 0.3 is 0 Å². The molecule has 2 aromatic rings. The van der Waals surface area contributed by atoms with Crippen molar-refractivity contribution >= 4 is 5.91 Å². The van der Waals surface area contributed by atoms with Crippen LogP contribution < -0.4 is 10.1 Å². The zero-order valence-electron chi connectivity index (χ0n) is 13.7. The Balaban J connectivity index is 1.97. The smallest absolute Gasteiger partial charge is 0.251 e. The number of aliphatic hydroxyl groups excluding tert-OH is 1. The van der Waals surface area contributed by atoms with Crippen molar-refractivity contribution in [2.24, 2.45) is 0 Å². The highest BCUT2D eigenvalue weighted by atomic mass is 16.5. The Hall–Kier alpha value is -2.27. The third-order valence-corrected chi connectivity index (χ3v) is 3.58. The Morgan fingerprint density at radius 1 is 1.39 bits per heavy atom. The van der Waals surface area contributed by atoms with Crippen LogP contribution in [0.15, 0.2) is 41.0 Å². The van der Waals surface area contributed by atoms with E-state index in [2.05, 4.69) is 5.32 Å². The van der Waals surface area contributed by atoms with E-state index < -0.39 is 6.10 Å². The second-order valence-electron chi connectivity index (χ2n) is 5.55. The third kappa shape index (κ3) is 4.60. The second-order valence-corrected chi connectivity index (χ2v) is 5.55. The average Bonchev–Trinajstić information content (AvgIpc) is 3.03. The van der Waals surface area contributed by atoms with Crippen LogP contribution in [0.2, 0.25) is 0 Å². The predicted molar refractivity (Wildman–Crippen MR) is 87.6 cm³/mol. The Bertz CT molecular complexity index is 636. The van der Waals surface area contributed by atoms with Gasteiger partial charge in [0.05, 0.1) is 12.9 Å². The van der Waals surface area contributed by atoms with E-state index in [1.165, 1.54) is 6.26 Å². The maximum absolute atomic E-state index is 12.3. The van der Waals surface area contributed by atoms with Crippen LogP contribution in [0.5, 0.6) is 5.75 Å². The molecule has 1 aromatic heterocycles. The van der Waals surface area contributed by atoms with Gasteiger partial charge in [-0.1, -0.05) is 6.07 Å². The molecule has 124 valence electrons. The van der Waals surface area contributed by atoms with E-state index >= 15 is 0 Å². The molecule has 1 amide bonds. The number of aryl methyl sites for hydroxylation is 1. The Morgan fingerprint density at radius 2 is 2.17 bits per heavy atom. The molecule has 2 atom stereocenters. The molecular formula is C18H23NO4. The van der Waals surface area contributed by atoms with E-state index in [0.717, 1.165) is 5.56 Å². The van der Waals surface area contributed by atoms with Crippen LogP contribution >= 0.6 is 0 Å². The molecule has 0 saturated heterocycles. The minimum Gasteiger partial charge on any atom is -0.494 e. The molecule has 1 aromatic carbocycles. The lowest BCUT2D eigenvalue weighted by atomic mass is 10.1. The number of hydrogen-bond acceptors (Lipinski definition) is 4. The Morgan fingerprint density at radius 3 is 2.83 bits per heavy atom. The third-order valence-electron chi connectivity index (χ3n) is 3.58. The molecule has 0 aliphatic heterocycles. The highest BCUT2D eigenvalue weighted by Crippen LogP contribution is 2.21. The molecule has 0 radical (unpaired) electrons. The summed E-state index contributed by atoms with van der Waals surface area (Å²) in [6.45, 7) is 6.25. The van der Waals surface area contributed by atoms with Crippen LogP contribution in [0.4, 0.5) is 0 Å². The summed E-state index contributed by atoms with van der Waals surface area (Å²) in [5, 5.41) is 12.9. The first kappa shape index (κ1) is 17.1. The van der Waals surface area contributed by atoms with Gasteiger partial charge in [0.15, 0.2) is 0 Å². The van der Waals surface area contributed by atoms with Crippen molar-refractivity contribution in [2.75, 3.05) is 6.61 Å². The number of carbonyl (C=O) groups excluding carboxylic acids is 1. The number of benzene rings is 1.